The molecule has 1 saturated carbocycles. The molecule has 0 bridgehead atoms. The highest BCUT2D eigenvalue weighted by molar-refractivity contribution is 6.74. The predicted molar refractivity (Wildman–Crippen MR) is 145 cm³/mol. The molecular weight excluding hydrogens is 497 g/mol. The lowest BCUT2D eigenvalue weighted by molar-refractivity contribution is -0.179. The third-order valence-corrected chi connectivity index (χ3v) is 12.9. The molecule has 4 atom stereocenters. The quantitative estimate of drug-likeness (QED) is 0.340. The fourth-order valence-electron chi connectivity index (χ4n) is 4.59. The van der Waals surface area contributed by atoms with Gasteiger partial charge >= 0.3 is 0 Å². The average molecular weight is 535 g/mol. The maximum Gasteiger partial charge on any atom is 0.252 e. The van der Waals surface area contributed by atoms with Crippen LogP contribution in [-0.4, -0.2) is 37.9 Å². The standard InChI is InChI=1S/C28H37Cl2NO3Si/c1-18-27(32)31(24(19-10-11-19)17-33-35(5,6)28(2,3)4)25(20-12-14-22(29)15-13-20)26(34-18)21-8-7-9-23(30)16-21/h7-9,12-16,18-19,24-26H,10-11,17H2,1-6H3/t18-,24+,25?,26+/m0/s1. The van der Waals surface area contributed by atoms with Gasteiger partial charge in [0.2, 0.25) is 0 Å². The minimum atomic E-state index is -1.99. The van der Waals surface area contributed by atoms with Gasteiger partial charge in [0.05, 0.1) is 18.7 Å². The van der Waals surface area contributed by atoms with Gasteiger partial charge in [0.15, 0.2) is 8.32 Å². The second kappa shape index (κ2) is 10.2. The molecule has 7 heteroatoms. The number of rotatable bonds is 7. The molecular formula is C28H37Cl2NO3Si. The molecule has 1 aliphatic heterocycles. The van der Waals surface area contributed by atoms with E-state index in [1.165, 1.54) is 0 Å². The first-order chi connectivity index (χ1) is 16.4. The van der Waals surface area contributed by atoms with Gasteiger partial charge in [0.25, 0.3) is 5.91 Å². The summed E-state index contributed by atoms with van der Waals surface area (Å²) in [4.78, 5) is 15.9. The smallest absolute Gasteiger partial charge is 0.252 e. The normalized spacial score (nSPS) is 24.5. The van der Waals surface area contributed by atoms with Crippen LogP contribution < -0.4 is 0 Å². The minimum Gasteiger partial charge on any atom is -0.415 e. The van der Waals surface area contributed by atoms with E-state index in [1.807, 2.05) is 55.5 Å². The van der Waals surface area contributed by atoms with Crippen LogP contribution in [0.1, 0.15) is 63.8 Å². The molecule has 2 aromatic carbocycles. The van der Waals surface area contributed by atoms with Gasteiger partial charge in [0, 0.05) is 10.0 Å². The Hall–Kier alpha value is -1.37. The number of carbonyl (C=O) groups excluding carboxylic acids is 1. The van der Waals surface area contributed by atoms with Crippen LogP contribution in [0.25, 0.3) is 0 Å². The van der Waals surface area contributed by atoms with E-state index >= 15 is 0 Å². The number of hydrogen-bond acceptors (Lipinski definition) is 3. The van der Waals surface area contributed by atoms with Crippen LogP contribution in [0.2, 0.25) is 28.2 Å². The summed E-state index contributed by atoms with van der Waals surface area (Å²) in [6.07, 6.45) is 1.31. The third kappa shape index (κ3) is 5.80. The van der Waals surface area contributed by atoms with Crippen molar-refractivity contribution in [3.63, 3.8) is 0 Å². The zero-order chi connectivity index (χ0) is 25.5. The lowest BCUT2D eigenvalue weighted by Gasteiger charge is -2.48. The van der Waals surface area contributed by atoms with Crippen molar-refractivity contribution in [1.29, 1.82) is 0 Å². The van der Waals surface area contributed by atoms with Gasteiger partial charge in [-0.25, -0.2) is 0 Å². The molecule has 1 unspecified atom stereocenters. The number of halogens is 2. The number of hydrogen-bond donors (Lipinski definition) is 0. The zero-order valence-corrected chi connectivity index (χ0v) is 24.1. The molecule has 4 rings (SSSR count). The number of nitrogens with zero attached hydrogens (tertiary/aromatic N) is 1. The van der Waals surface area contributed by atoms with E-state index in [0.717, 1.165) is 24.0 Å². The van der Waals surface area contributed by atoms with Crippen LogP contribution in [0.15, 0.2) is 48.5 Å². The molecule has 0 N–H and O–H groups in total. The van der Waals surface area contributed by atoms with Gasteiger partial charge in [-0.2, -0.15) is 0 Å². The second-order valence-electron chi connectivity index (χ2n) is 11.5. The summed E-state index contributed by atoms with van der Waals surface area (Å²) in [6.45, 7) is 13.7. The fraction of sp³-hybridized carbons (Fsp3) is 0.536. The highest BCUT2D eigenvalue weighted by Crippen LogP contribution is 2.48. The molecule has 1 aliphatic carbocycles. The van der Waals surface area contributed by atoms with E-state index in [9.17, 15) is 4.79 Å². The van der Waals surface area contributed by atoms with E-state index in [-0.39, 0.29) is 29.1 Å². The van der Waals surface area contributed by atoms with Crippen molar-refractivity contribution < 1.29 is 14.0 Å². The second-order valence-corrected chi connectivity index (χ2v) is 17.2. The molecule has 1 amide bonds. The first-order valence-corrected chi connectivity index (χ1v) is 16.2. The van der Waals surface area contributed by atoms with Crippen molar-refractivity contribution in [1.82, 2.24) is 4.90 Å². The average Bonchev–Trinajstić information content (AvgIpc) is 3.61. The van der Waals surface area contributed by atoms with Crippen molar-refractivity contribution in [2.24, 2.45) is 5.92 Å². The summed E-state index contributed by atoms with van der Waals surface area (Å²) in [6, 6.07) is 15.2. The Kier molecular flexibility index (Phi) is 7.76. The van der Waals surface area contributed by atoms with Gasteiger partial charge in [-0.1, -0.05) is 68.2 Å². The predicted octanol–water partition coefficient (Wildman–Crippen LogP) is 7.82. The molecule has 0 radical (unpaired) electrons. The number of carbonyl (C=O) groups is 1. The van der Waals surface area contributed by atoms with E-state index in [2.05, 4.69) is 38.8 Å². The Balaban J connectivity index is 1.77. The van der Waals surface area contributed by atoms with Gasteiger partial charge in [-0.3, -0.25) is 4.79 Å². The third-order valence-electron chi connectivity index (χ3n) is 7.87. The highest BCUT2D eigenvalue weighted by Gasteiger charge is 2.50. The van der Waals surface area contributed by atoms with Crippen LogP contribution in [0.3, 0.4) is 0 Å². The van der Waals surface area contributed by atoms with E-state index < -0.39 is 14.4 Å². The number of benzene rings is 2. The Labute approximate surface area is 221 Å². The molecule has 2 aliphatic rings. The summed E-state index contributed by atoms with van der Waals surface area (Å²) in [7, 11) is -1.99. The first kappa shape index (κ1) is 26.7. The maximum absolute atomic E-state index is 13.8. The Morgan fingerprint density at radius 1 is 1.06 bits per heavy atom. The maximum atomic E-state index is 13.8. The Morgan fingerprint density at radius 2 is 1.71 bits per heavy atom. The zero-order valence-electron chi connectivity index (χ0n) is 21.6. The van der Waals surface area contributed by atoms with Gasteiger partial charge in [-0.05, 0) is 79.2 Å². The molecule has 2 fully saturated rings. The lowest BCUT2D eigenvalue weighted by Crippen LogP contribution is -2.57. The Bertz CT molecular complexity index is 1050. The van der Waals surface area contributed by atoms with Gasteiger partial charge < -0.3 is 14.1 Å². The van der Waals surface area contributed by atoms with Crippen molar-refractivity contribution in [2.75, 3.05) is 6.61 Å². The summed E-state index contributed by atoms with van der Waals surface area (Å²) < 4.78 is 13.1. The topological polar surface area (TPSA) is 38.8 Å². The van der Waals surface area contributed by atoms with Crippen molar-refractivity contribution >= 4 is 37.4 Å². The molecule has 0 spiro atoms. The van der Waals surface area contributed by atoms with E-state index in [0.29, 0.717) is 22.6 Å². The lowest BCUT2D eigenvalue weighted by atomic mass is 9.90. The van der Waals surface area contributed by atoms with Crippen LogP contribution in [0.5, 0.6) is 0 Å². The van der Waals surface area contributed by atoms with Crippen molar-refractivity contribution in [3.8, 4) is 0 Å². The van der Waals surface area contributed by atoms with Gasteiger partial charge in [0.1, 0.15) is 12.2 Å². The summed E-state index contributed by atoms with van der Waals surface area (Å²) in [5.41, 5.74) is 1.96. The van der Waals surface area contributed by atoms with Crippen LogP contribution in [0, 0.1) is 5.92 Å². The van der Waals surface area contributed by atoms with E-state index in [1.54, 1.807) is 0 Å². The van der Waals surface area contributed by atoms with Crippen LogP contribution in [-0.2, 0) is 14.0 Å². The molecule has 2 aromatic rings. The highest BCUT2D eigenvalue weighted by atomic mass is 35.5. The molecule has 1 saturated heterocycles. The SMILES string of the molecule is C[C@@H]1O[C@H](c2cccc(Cl)c2)C(c2ccc(Cl)cc2)N([C@H](CO[Si](C)(C)C(C)(C)C)C2CC2)C1=O. The Morgan fingerprint density at radius 3 is 2.29 bits per heavy atom. The summed E-state index contributed by atoms with van der Waals surface area (Å²) in [5.74, 6) is 0.447. The summed E-state index contributed by atoms with van der Waals surface area (Å²) >= 11 is 12.6. The van der Waals surface area contributed by atoms with E-state index in [4.69, 9.17) is 32.4 Å². The van der Waals surface area contributed by atoms with Crippen molar-refractivity contribution in [3.05, 3.63) is 69.7 Å². The molecule has 1 heterocycles. The molecule has 0 aromatic heterocycles. The number of amides is 1. The fourth-order valence-corrected chi connectivity index (χ4v) is 5.93. The molecule has 190 valence electrons. The van der Waals surface area contributed by atoms with Crippen molar-refractivity contribution in [2.45, 2.75) is 83.0 Å². The molecule has 35 heavy (non-hydrogen) atoms. The number of ether oxygens (including phenoxy) is 1. The largest absolute Gasteiger partial charge is 0.415 e. The summed E-state index contributed by atoms with van der Waals surface area (Å²) in [5, 5.41) is 1.41. The first-order valence-electron chi connectivity index (χ1n) is 12.5. The minimum absolute atomic E-state index is 0.00895. The van der Waals surface area contributed by atoms with Gasteiger partial charge in [-0.15, -0.1) is 0 Å². The molecule has 4 nitrogen and oxygen atoms in total. The van der Waals surface area contributed by atoms with Crippen LogP contribution >= 0.6 is 23.2 Å². The monoisotopic (exact) mass is 533 g/mol. The number of morpholine rings is 1. The van der Waals surface area contributed by atoms with Crippen LogP contribution in [0.4, 0.5) is 0 Å².